The van der Waals surface area contributed by atoms with Gasteiger partial charge in [-0.25, -0.2) is 16.8 Å². The molecule has 2 heterocycles. The van der Waals surface area contributed by atoms with E-state index in [2.05, 4.69) is 10.3 Å². The molecule has 0 unspecified atom stereocenters. The summed E-state index contributed by atoms with van der Waals surface area (Å²) in [6.45, 7) is 3.12. The van der Waals surface area contributed by atoms with Crippen LogP contribution in [-0.2, 0) is 43.5 Å². The van der Waals surface area contributed by atoms with Crippen LogP contribution in [0.4, 0.5) is 13.2 Å². The Kier molecular flexibility index (Phi) is 4.48. The number of rotatable bonds is 3. The van der Waals surface area contributed by atoms with Crippen LogP contribution >= 0.6 is 0 Å². The molecular formula is C12H16F3N3O5S2. The second-order valence-electron chi connectivity index (χ2n) is 6.30. The lowest BCUT2D eigenvalue weighted by Crippen LogP contribution is -2.24. The molecule has 8 nitrogen and oxygen atoms in total. The number of oxime groups is 1. The van der Waals surface area contributed by atoms with Gasteiger partial charge in [0.15, 0.2) is 35.4 Å². The maximum atomic E-state index is 13.2. The molecule has 0 saturated heterocycles. The lowest BCUT2D eigenvalue weighted by molar-refractivity contribution is -0.141. The van der Waals surface area contributed by atoms with Gasteiger partial charge in [0.05, 0.1) is 5.75 Å². The van der Waals surface area contributed by atoms with Crippen molar-refractivity contribution in [1.82, 2.24) is 9.78 Å². The number of aromatic nitrogens is 2. The van der Waals surface area contributed by atoms with E-state index in [9.17, 15) is 30.0 Å². The van der Waals surface area contributed by atoms with E-state index in [4.69, 9.17) is 4.84 Å². The zero-order valence-electron chi connectivity index (χ0n) is 13.7. The molecule has 1 aromatic rings. The van der Waals surface area contributed by atoms with Crippen molar-refractivity contribution in [3.05, 3.63) is 11.3 Å². The molecule has 13 heteroatoms. The summed E-state index contributed by atoms with van der Waals surface area (Å²) >= 11 is 0. The summed E-state index contributed by atoms with van der Waals surface area (Å²) in [6, 6.07) is 0. The highest BCUT2D eigenvalue weighted by Crippen LogP contribution is 2.36. The highest BCUT2D eigenvalue weighted by Gasteiger charge is 2.44. The molecule has 0 bridgehead atoms. The summed E-state index contributed by atoms with van der Waals surface area (Å²) in [5, 5.41) is 5.34. The standard InChI is InChI=1S/C12H16F3N3O5S2/c1-11(2)5-8(17-23-11)25(21,22)6-7-9(12(13,14)15)16-18(3)10(7)24(4,19)20/h5-6H2,1-4H3. The lowest BCUT2D eigenvalue weighted by atomic mass is 10.1. The number of alkyl halides is 3. The summed E-state index contributed by atoms with van der Waals surface area (Å²) < 4.78 is 88.7. The Labute approximate surface area is 142 Å². The highest BCUT2D eigenvalue weighted by atomic mass is 32.2. The van der Waals surface area contributed by atoms with Crippen molar-refractivity contribution < 1.29 is 34.8 Å². The minimum Gasteiger partial charge on any atom is -0.389 e. The van der Waals surface area contributed by atoms with E-state index in [0.717, 1.165) is 7.05 Å². The summed E-state index contributed by atoms with van der Waals surface area (Å²) in [5.74, 6) is -1.20. The molecule has 0 amide bonds. The van der Waals surface area contributed by atoms with E-state index in [0.29, 0.717) is 10.9 Å². The van der Waals surface area contributed by atoms with Crippen molar-refractivity contribution in [3.8, 4) is 0 Å². The van der Waals surface area contributed by atoms with Crippen molar-refractivity contribution in [2.75, 3.05) is 6.26 Å². The number of hydrogen-bond donors (Lipinski definition) is 0. The molecule has 2 rings (SSSR count). The van der Waals surface area contributed by atoms with Gasteiger partial charge in [-0.3, -0.25) is 4.68 Å². The Balaban J connectivity index is 2.59. The molecule has 0 fully saturated rings. The van der Waals surface area contributed by atoms with Crippen LogP contribution < -0.4 is 0 Å². The number of aryl methyl sites for hydroxylation is 1. The Bertz CT molecular complexity index is 943. The van der Waals surface area contributed by atoms with Crippen LogP contribution in [0.15, 0.2) is 10.2 Å². The van der Waals surface area contributed by atoms with E-state index in [1.165, 1.54) is 0 Å². The molecule has 25 heavy (non-hydrogen) atoms. The average molecular weight is 403 g/mol. The third-order valence-corrected chi connectivity index (χ3v) is 6.19. The smallest absolute Gasteiger partial charge is 0.389 e. The molecule has 0 aromatic carbocycles. The highest BCUT2D eigenvalue weighted by molar-refractivity contribution is 8.05. The Morgan fingerprint density at radius 3 is 2.20 bits per heavy atom. The monoisotopic (exact) mass is 403 g/mol. The average Bonchev–Trinajstić information content (AvgIpc) is 2.88. The van der Waals surface area contributed by atoms with Crippen molar-refractivity contribution in [3.63, 3.8) is 0 Å². The van der Waals surface area contributed by atoms with Crippen LogP contribution in [0.5, 0.6) is 0 Å². The Morgan fingerprint density at radius 1 is 1.24 bits per heavy atom. The SMILES string of the molecule is Cn1nc(C(F)(F)F)c(CS(=O)(=O)C2=NOC(C)(C)C2)c1S(C)(=O)=O. The zero-order valence-corrected chi connectivity index (χ0v) is 15.4. The maximum Gasteiger partial charge on any atom is 0.435 e. The molecule has 0 atom stereocenters. The minimum absolute atomic E-state index is 0.134. The first-order valence-corrected chi connectivity index (χ1v) is 10.4. The quantitative estimate of drug-likeness (QED) is 0.752. The molecule has 1 aliphatic heterocycles. The molecule has 0 N–H and O–H groups in total. The van der Waals surface area contributed by atoms with Gasteiger partial charge >= 0.3 is 6.18 Å². The second kappa shape index (κ2) is 5.69. The van der Waals surface area contributed by atoms with E-state index in [1.54, 1.807) is 13.8 Å². The fourth-order valence-corrected chi connectivity index (χ4v) is 5.18. The molecule has 1 aromatic heterocycles. The van der Waals surface area contributed by atoms with Crippen LogP contribution in [0, 0.1) is 0 Å². The van der Waals surface area contributed by atoms with E-state index in [1.807, 2.05) is 0 Å². The van der Waals surface area contributed by atoms with Gasteiger partial charge in [-0.15, -0.1) is 0 Å². The van der Waals surface area contributed by atoms with Crippen LogP contribution in [0.2, 0.25) is 0 Å². The van der Waals surface area contributed by atoms with Crippen molar-refractivity contribution in [1.29, 1.82) is 0 Å². The van der Waals surface area contributed by atoms with Crippen molar-refractivity contribution >= 4 is 24.7 Å². The largest absolute Gasteiger partial charge is 0.435 e. The Morgan fingerprint density at radius 2 is 1.80 bits per heavy atom. The fraction of sp³-hybridized carbons (Fsp3) is 0.667. The topological polar surface area (TPSA) is 108 Å². The van der Waals surface area contributed by atoms with E-state index in [-0.39, 0.29) is 6.42 Å². The number of sulfone groups is 2. The fourth-order valence-electron chi connectivity index (χ4n) is 2.42. The summed E-state index contributed by atoms with van der Waals surface area (Å²) in [6.07, 6.45) is -4.47. The van der Waals surface area contributed by atoms with Gasteiger partial charge in [0, 0.05) is 25.3 Å². The van der Waals surface area contributed by atoms with Gasteiger partial charge in [0.25, 0.3) is 0 Å². The van der Waals surface area contributed by atoms with E-state index < -0.39 is 58.5 Å². The third-order valence-electron chi connectivity index (χ3n) is 3.37. The first kappa shape index (κ1) is 19.7. The number of halogens is 3. The van der Waals surface area contributed by atoms with E-state index >= 15 is 0 Å². The van der Waals surface area contributed by atoms with Crippen LogP contribution in [-0.4, -0.2) is 43.5 Å². The molecule has 0 radical (unpaired) electrons. The summed E-state index contributed by atoms with van der Waals surface area (Å²) in [7, 11) is -7.49. The normalized spacial score (nSPS) is 18.1. The van der Waals surface area contributed by atoms with Crippen LogP contribution in [0.1, 0.15) is 31.5 Å². The minimum atomic E-state index is -5.02. The third kappa shape index (κ3) is 3.97. The maximum absolute atomic E-state index is 13.2. The molecule has 1 aliphatic rings. The summed E-state index contributed by atoms with van der Waals surface area (Å²) in [5.41, 5.74) is -3.40. The molecular weight excluding hydrogens is 387 g/mol. The zero-order chi connectivity index (χ0) is 19.4. The van der Waals surface area contributed by atoms with Crippen LogP contribution in [0.25, 0.3) is 0 Å². The Hall–Kier alpha value is -1.63. The predicted molar refractivity (Wildman–Crippen MR) is 81.2 cm³/mol. The first-order chi connectivity index (χ1) is 11.0. The van der Waals surface area contributed by atoms with Gasteiger partial charge in [-0.2, -0.15) is 18.3 Å². The number of nitrogens with zero attached hydrogens (tertiary/aromatic N) is 3. The first-order valence-electron chi connectivity index (χ1n) is 6.85. The van der Waals surface area contributed by atoms with Gasteiger partial charge in [0.2, 0.25) is 0 Å². The predicted octanol–water partition coefficient (Wildman–Crippen LogP) is 1.27. The van der Waals surface area contributed by atoms with Gasteiger partial charge in [0.1, 0.15) is 5.60 Å². The second-order valence-corrected chi connectivity index (χ2v) is 10.2. The summed E-state index contributed by atoms with van der Waals surface area (Å²) in [4.78, 5) is 4.92. The lowest BCUT2D eigenvalue weighted by Gasteiger charge is -2.13. The van der Waals surface area contributed by atoms with Gasteiger partial charge in [-0.05, 0) is 13.8 Å². The molecule has 142 valence electrons. The molecule has 0 aliphatic carbocycles. The van der Waals surface area contributed by atoms with Crippen molar-refractivity contribution in [2.24, 2.45) is 12.2 Å². The molecule has 0 saturated carbocycles. The number of hydrogen-bond acceptors (Lipinski definition) is 7. The van der Waals surface area contributed by atoms with Gasteiger partial charge < -0.3 is 4.84 Å². The molecule has 0 spiro atoms. The van der Waals surface area contributed by atoms with Crippen molar-refractivity contribution in [2.45, 2.75) is 42.8 Å². The van der Waals surface area contributed by atoms with Gasteiger partial charge in [-0.1, -0.05) is 5.16 Å². The van der Waals surface area contributed by atoms with Crippen LogP contribution in [0.3, 0.4) is 0 Å².